The van der Waals surface area contributed by atoms with Crippen LogP contribution in [0.5, 0.6) is 11.5 Å². The van der Waals surface area contributed by atoms with Crippen LogP contribution < -0.4 is 20.5 Å². The summed E-state index contributed by atoms with van der Waals surface area (Å²) in [6.45, 7) is 5.23. The fraction of sp³-hybridized carbons (Fsp3) is 0.588. The van der Waals surface area contributed by atoms with Crippen LogP contribution >= 0.6 is 12.4 Å². The number of rotatable bonds is 10. The quantitative estimate of drug-likeness (QED) is 0.640. The van der Waals surface area contributed by atoms with E-state index in [2.05, 4.69) is 19.2 Å². The van der Waals surface area contributed by atoms with Crippen molar-refractivity contribution in [2.24, 2.45) is 11.7 Å². The van der Waals surface area contributed by atoms with Gasteiger partial charge < -0.3 is 20.5 Å². The van der Waals surface area contributed by atoms with Gasteiger partial charge in [-0.15, -0.1) is 12.4 Å². The largest absolute Gasteiger partial charge is 0.497 e. The maximum atomic E-state index is 11.8. The van der Waals surface area contributed by atoms with Crippen LogP contribution in [0.15, 0.2) is 24.3 Å². The highest BCUT2D eigenvalue weighted by atomic mass is 35.5. The molecule has 0 bridgehead atoms. The summed E-state index contributed by atoms with van der Waals surface area (Å²) in [7, 11) is 1.63. The van der Waals surface area contributed by atoms with E-state index in [1.165, 1.54) is 0 Å². The van der Waals surface area contributed by atoms with Gasteiger partial charge in [0.05, 0.1) is 13.7 Å². The van der Waals surface area contributed by atoms with Gasteiger partial charge in [0.15, 0.2) is 0 Å². The number of benzene rings is 1. The second kappa shape index (κ2) is 12.0. The van der Waals surface area contributed by atoms with Crippen molar-refractivity contribution in [3.8, 4) is 11.5 Å². The van der Waals surface area contributed by atoms with Gasteiger partial charge >= 0.3 is 0 Å². The summed E-state index contributed by atoms with van der Waals surface area (Å²) in [5.74, 6) is 2.13. The summed E-state index contributed by atoms with van der Waals surface area (Å²) >= 11 is 0. The van der Waals surface area contributed by atoms with Gasteiger partial charge in [0.2, 0.25) is 5.91 Å². The molecule has 1 aromatic rings. The molecule has 5 nitrogen and oxygen atoms in total. The molecule has 0 aliphatic heterocycles. The third-order valence-electron chi connectivity index (χ3n) is 3.28. The first-order valence-corrected chi connectivity index (χ1v) is 7.81. The molecule has 0 saturated carbocycles. The number of hydrogen-bond donors (Lipinski definition) is 2. The van der Waals surface area contributed by atoms with Crippen LogP contribution in [0.3, 0.4) is 0 Å². The van der Waals surface area contributed by atoms with Crippen LogP contribution in [-0.4, -0.2) is 32.2 Å². The summed E-state index contributed by atoms with van der Waals surface area (Å²) < 4.78 is 10.7. The first-order valence-electron chi connectivity index (χ1n) is 7.81. The highest BCUT2D eigenvalue weighted by Crippen LogP contribution is 2.17. The molecule has 0 heterocycles. The number of amides is 1. The van der Waals surface area contributed by atoms with Crippen LogP contribution in [0.2, 0.25) is 0 Å². The monoisotopic (exact) mass is 344 g/mol. The van der Waals surface area contributed by atoms with Gasteiger partial charge in [0, 0.05) is 19.0 Å². The second-order valence-electron chi connectivity index (χ2n) is 5.76. The van der Waals surface area contributed by atoms with E-state index < -0.39 is 0 Å². The molecule has 1 aromatic carbocycles. The van der Waals surface area contributed by atoms with Crippen LogP contribution in [0, 0.1) is 5.92 Å². The molecule has 0 radical (unpaired) electrons. The van der Waals surface area contributed by atoms with E-state index in [0.717, 1.165) is 17.9 Å². The molecule has 6 heteroatoms. The SMILES string of the molecule is COc1ccc(OCCCC(=O)NC(CN)CC(C)C)cc1.Cl. The Morgan fingerprint density at radius 3 is 2.35 bits per heavy atom. The number of halogens is 1. The van der Waals surface area contributed by atoms with Crippen LogP contribution in [-0.2, 0) is 4.79 Å². The number of nitrogens with one attached hydrogen (secondary N) is 1. The first kappa shape index (κ1) is 21.5. The lowest BCUT2D eigenvalue weighted by atomic mass is 10.0. The van der Waals surface area contributed by atoms with Crippen molar-refractivity contribution in [3.63, 3.8) is 0 Å². The molecule has 1 rings (SSSR count). The fourth-order valence-corrected chi connectivity index (χ4v) is 2.18. The van der Waals surface area contributed by atoms with Crippen LogP contribution in [0.1, 0.15) is 33.1 Å². The maximum Gasteiger partial charge on any atom is 0.220 e. The Kier molecular flexibility index (Phi) is 11.3. The number of nitrogens with two attached hydrogens (primary N) is 1. The molecule has 3 N–H and O–H groups in total. The number of carbonyl (C=O) groups is 1. The summed E-state index contributed by atoms with van der Waals surface area (Å²) in [5.41, 5.74) is 5.67. The van der Waals surface area contributed by atoms with Crippen molar-refractivity contribution in [3.05, 3.63) is 24.3 Å². The van der Waals surface area contributed by atoms with E-state index >= 15 is 0 Å². The molecule has 0 aliphatic carbocycles. The molecule has 132 valence electrons. The molecular weight excluding hydrogens is 316 g/mol. The molecule has 23 heavy (non-hydrogen) atoms. The highest BCUT2D eigenvalue weighted by molar-refractivity contribution is 5.85. The summed E-state index contributed by atoms with van der Waals surface area (Å²) in [5, 5.41) is 2.98. The Morgan fingerprint density at radius 1 is 1.22 bits per heavy atom. The molecule has 0 aliphatic rings. The van der Waals surface area contributed by atoms with Gasteiger partial charge in [-0.2, -0.15) is 0 Å². The van der Waals surface area contributed by atoms with Gasteiger partial charge in [-0.1, -0.05) is 13.8 Å². The molecule has 0 saturated heterocycles. The van der Waals surface area contributed by atoms with Gasteiger partial charge in [0.25, 0.3) is 0 Å². The van der Waals surface area contributed by atoms with E-state index in [-0.39, 0.29) is 24.4 Å². The van der Waals surface area contributed by atoms with E-state index in [1.807, 2.05) is 24.3 Å². The molecule has 0 aromatic heterocycles. The van der Waals surface area contributed by atoms with Crippen molar-refractivity contribution in [2.45, 2.75) is 39.2 Å². The van der Waals surface area contributed by atoms with E-state index in [9.17, 15) is 4.79 Å². The molecule has 1 unspecified atom stereocenters. The zero-order valence-corrected chi connectivity index (χ0v) is 15.0. The van der Waals surface area contributed by atoms with Gasteiger partial charge in [-0.25, -0.2) is 0 Å². The minimum absolute atomic E-state index is 0. The lowest BCUT2D eigenvalue weighted by molar-refractivity contribution is -0.122. The zero-order chi connectivity index (χ0) is 16.4. The third-order valence-corrected chi connectivity index (χ3v) is 3.28. The standard InChI is InChI=1S/C17H28N2O3.ClH/c1-13(2)11-14(12-18)19-17(20)5-4-10-22-16-8-6-15(21-3)7-9-16;/h6-9,13-14H,4-5,10-12,18H2,1-3H3,(H,19,20);1H. The fourth-order valence-electron chi connectivity index (χ4n) is 2.18. The predicted molar refractivity (Wildman–Crippen MR) is 95.4 cm³/mol. The zero-order valence-electron chi connectivity index (χ0n) is 14.2. The first-order chi connectivity index (χ1) is 10.5. The lowest BCUT2D eigenvalue weighted by Crippen LogP contribution is -2.41. The third kappa shape index (κ3) is 9.31. The normalized spacial score (nSPS) is 11.5. The molecule has 0 fully saturated rings. The molecule has 1 atom stereocenters. The van der Waals surface area contributed by atoms with E-state index in [1.54, 1.807) is 7.11 Å². The highest BCUT2D eigenvalue weighted by Gasteiger charge is 2.12. The van der Waals surface area contributed by atoms with Crippen molar-refractivity contribution in [1.82, 2.24) is 5.32 Å². The van der Waals surface area contributed by atoms with Crippen molar-refractivity contribution < 1.29 is 14.3 Å². The second-order valence-corrected chi connectivity index (χ2v) is 5.76. The molecular formula is C17H29ClN2O3. The predicted octanol–water partition coefficient (Wildman–Crippen LogP) is 2.77. The average molecular weight is 345 g/mol. The number of methoxy groups -OCH3 is 1. The van der Waals surface area contributed by atoms with E-state index in [4.69, 9.17) is 15.2 Å². The van der Waals surface area contributed by atoms with Crippen molar-refractivity contribution in [1.29, 1.82) is 0 Å². The minimum atomic E-state index is 0. The maximum absolute atomic E-state index is 11.8. The Hall–Kier alpha value is -1.46. The van der Waals surface area contributed by atoms with E-state index in [0.29, 0.717) is 31.9 Å². The lowest BCUT2D eigenvalue weighted by Gasteiger charge is -2.18. The Bertz CT molecular complexity index is 438. The van der Waals surface area contributed by atoms with Crippen LogP contribution in [0.25, 0.3) is 0 Å². The van der Waals surface area contributed by atoms with Crippen LogP contribution in [0.4, 0.5) is 0 Å². The number of ether oxygens (including phenoxy) is 2. The van der Waals surface area contributed by atoms with Gasteiger partial charge in [0.1, 0.15) is 11.5 Å². The summed E-state index contributed by atoms with van der Waals surface area (Å²) in [6.07, 6.45) is 2.03. The molecule has 0 spiro atoms. The number of hydrogen-bond acceptors (Lipinski definition) is 4. The van der Waals surface area contributed by atoms with Gasteiger partial charge in [-0.3, -0.25) is 4.79 Å². The topological polar surface area (TPSA) is 73.6 Å². The van der Waals surface area contributed by atoms with Crippen molar-refractivity contribution in [2.75, 3.05) is 20.3 Å². The van der Waals surface area contributed by atoms with Gasteiger partial charge in [-0.05, 0) is 43.0 Å². The summed E-state index contributed by atoms with van der Waals surface area (Å²) in [6, 6.07) is 7.47. The Morgan fingerprint density at radius 2 is 1.83 bits per heavy atom. The molecule has 1 amide bonds. The Balaban J connectivity index is 0.00000484. The average Bonchev–Trinajstić information content (AvgIpc) is 2.51. The number of carbonyl (C=O) groups excluding carboxylic acids is 1. The minimum Gasteiger partial charge on any atom is -0.497 e. The summed E-state index contributed by atoms with van der Waals surface area (Å²) in [4.78, 5) is 11.8. The Labute approximate surface area is 145 Å². The smallest absolute Gasteiger partial charge is 0.220 e. The van der Waals surface area contributed by atoms with Crippen molar-refractivity contribution >= 4 is 18.3 Å².